The maximum Gasteiger partial charge on any atom is 0.374 e. The Morgan fingerprint density at radius 2 is 2.15 bits per heavy atom. The normalized spacial score (nSPS) is 14.8. The predicted molar refractivity (Wildman–Crippen MR) is 97.8 cm³/mol. The van der Waals surface area contributed by atoms with Crippen molar-refractivity contribution in [3.63, 3.8) is 0 Å². The fraction of sp³-hybridized carbons (Fsp3) is 0.316. The molecule has 1 heterocycles. The second kappa shape index (κ2) is 7.74. The molecular weight excluding hydrogens is 356 g/mol. The summed E-state index contributed by atoms with van der Waals surface area (Å²) in [5, 5.41) is 4.75. The maximum atomic E-state index is 12.3. The SMILES string of the molecule is CCOC(=O)c1oc2c(c1C)/C(=N/NC(=O)c1cccc(Cl)c1)CCC2. The zero-order chi connectivity index (χ0) is 18.7. The van der Waals surface area contributed by atoms with Crippen LogP contribution in [0.1, 0.15) is 57.6 Å². The monoisotopic (exact) mass is 374 g/mol. The van der Waals surface area contributed by atoms with Crippen molar-refractivity contribution >= 4 is 29.2 Å². The number of fused-ring (bicyclic) bond motifs is 1. The van der Waals surface area contributed by atoms with E-state index in [2.05, 4.69) is 10.5 Å². The molecule has 0 radical (unpaired) electrons. The molecule has 0 saturated heterocycles. The van der Waals surface area contributed by atoms with E-state index >= 15 is 0 Å². The number of nitrogens with one attached hydrogen (secondary N) is 1. The topological polar surface area (TPSA) is 80.9 Å². The third-order valence-corrected chi connectivity index (χ3v) is 4.40. The largest absolute Gasteiger partial charge is 0.460 e. The van der Waals surface area contributed by atoms with Gasteiger partial charge < -0.3 is 9.15 Å². The lowest BCUT2D eigenvalue weighted by molar-refractivity contribution is 0.0486. The van der Waals surface area contributed by atoms with Crippen LogP contribution in [0.5, 0.6) is 0 Å². The minimum atomic E-state index is -0.485. The van der Waals surface area contributed by atoms with Crippen LogP contribution >= 0.6 is 11.6 Å². The first-order valence-corrected chi connectivity index (χ1v) is 8.81. The quantitative estimate of drug-likeness (QED) is 0.650. The summed E-state index contributed by atoms with van der Waals surface area (Å²) in [5.74, 6) is 0.0702. The Morgan fingerprint density at radius 1 is 1.35 bits per heavy atom. The van der Waals surface area contributed by atoms with Gasteiger partial charge in [0.05, 0.1) is 12.3 Å². The zero-order valence-corrected chi connectivity index (χ0v) is 15.4. The minimum Gasteiger partial charge on any atom is -0.460 e. The fourth-order valence-corrected chi connectivity index (χ4v) is 3.17. The van der Waals surface area contributed by atoms with E-state index in [1.54, 1.807) is 38.1 Å². The lowest BCUT2D eigenvalue weighted by Crippen LogP contribution is -2.22. The maximum absolute atomic E-state index is 12.3. The van der Waals surface area contributed by atoms with Gasteiger partial charge in [0.2, 0.25) is 5.76 Å². The lowest BCUT2D eigenvalue weighted by atomic mass is 9.93. The molecule has 0 fully saturated rings. The number of esters is 1. The van der Waals surface area contributed by atoms with E-state index in [0.717, 1.165) is 18.4 Å². The molecule has 1 aliphatic carbocycles. The highest BCUT2D eigenvalue weighted by atomic mass is 35.5. The number of furan rings is 1. The zero-order valence-electron chi connectivity index (χ0n) is 14.6. The summed E-state index contributed by atoms with van der Waals surface area (Å²) in [7, 11) is 0. The van der Waals surface area contributed by atoms with Crippen LogP contribution in [0.3, 0.4) is 0 Å². The number of carbonyl (C=O) groups is 2. The molecule has 7 heteroatoms. The number of rotatable bonds is 4. The van der Waals surface area contributed by atoms with Gasteiger partial charge in [-0.1, -0.05) is 17.7 Å². The van der Waals surface area contributed by atoms with Gasteiger partial charge in [0.15, 0.2) is 0 Å². The number of hydrogen-bond acceptors (Lipinski definition) is 5. The van der Waals surface area contributed by atoms with Gasteiger partial charge in [-0.25, -0.2) is 10.2 Å². The van der Waals surface area contributed by atoms with Crippen molar-refractivity contribution in [2.75, 3.05) is 6.61 Å². The third kappa shape index (κ3) is 3.65. The summed E-state index contributed by atoms with van der Waals surface area (Å²) in [6.07, 6.45) is 2.23. The van der Waals surface area contributed by atoms with Gasteiger partial charge in [0.25, 0.3) is 5.91 Å². The van der Waals surface area contributed by atoms with Crippen LogP contribution in [0.15, 0.2) is 33.8 Å². The van der Waals surface area contributed by atoms with Gasteiger partial charge in [-0.2, -0.15) is 5.10 Å². The van der Waals surface area contributed by atoms with Crippen molar-refractivity contribution in [3.05, 3.63) is 57.5 Å². The predicted octanol–water partition coefficient (Wildman–Crippen LogP) is 3.89. The van der Waals surface area contributed by atoms with E-state index < -0.39 is 5.97 Å². The molecule has 1 aliphatic rings. The molecule has 0 bridgehead atoms. The van der Waals surface area contributed by atoms with Crippen molar-refractivity contribution in [2.24, 2.45) is 5.10 Å². The van der Waals surface area contributed by atoms with Gasteiger partial charge in [0.1, 0.15) is 5.76 Å². The molecule has 1 aromatic heterocycles. The Balaban J connectivity index is 1.86. The molecule has 136 valence electrons. The number of amides is 1. The summed E-state index contributed by atoms with van der Waals surface area (Å²) in [4.78, 5) is 24.3. The first kappa shape index (κ1) is 18.2. The number of hydrazone groups is 1. The van der Waals surface area contributed by atoms with E-state index in [-0.39, 0.29) is 18.3 Å². The first-order chi connectivity index (χ1) is 12.5. The second-order valence-corrected chi connectivity index (χ2v) is 6.37. The molecule has 0 saturated carbocycles. The van der Waals surface area contributed by atoms with E-state index in [9.17, 15) is 9.59 Å². The Bertz CT molecular complexity index is 886. The molecule has 1 amide bonds. The smallest absolute Gasteiger partial charge is 0.374 e. The molecule has 0 aliphatic heterocycles. The number of hydrogen-bond donors (Lipinski definition) is 1. The number of halogens is 1. The van der Waals surface area contributed by atoms with E-state index in [0.29, 0.717) is 34.0 Å². The average Bonchev–Trinajstić information content (AvgIpc) is 2.97. The molecule has 6 nitrogen and oxygen atoms in total. The number of carbonyl (C=O) groups excluding carboxylic acids is 2. The number of nitrogens with zero attached hydrogens (tertiary/aromatic N) is 1. The van der Waals surface area contributed by atoms with Gasteiger partial charge in [0, 0.05) is 28.1 Å². The number of benzene rings is 1. The van der Waals surface area contributed by atoms with Crippen LogP contribution in [0, 0.1) is 6.92 Å². The second-order valence-electron chi connectivity index (χ2n) is 5.94. The van der Waals surface area contributed by atoms with Crippen molar-refractivity contribution in [2.45, 2.75) is 33.1 Å². The van der Waals surface area contributed by atoms with Crippen LogP contribution in [-0.4, -0.2) is 24.2 Å². The molecule has 0 spiro atoms. The Kier molecular flexibility index (Phi) is 5.42. The lowest BCUT2D eigenvalue weighted by Gasteiger charge is -2.13. The Labute approximate surface area is 156 Å². The van der Waals surface area contributed by atoms with Gasteiger partial charge in [-0.05, 0) is 44.9 Å². The van der Waals surface area contributed by atoms with Crippen LogP contribution in [-0.2, 0) is 11.2 Å². The van der Waals surface area contributed by atoms with Gasteiger partial charge >= 0.3 is 5.97 Å². The molecule has 0 unspecified atom stereocenters. The van der Waals surface area contributed by atoms with Crippen molar-refractivity contribution in [3.8, 4) is 0 Å². The van der Waals surface area contributed by atoms with Crippen LogP contribution in [0.2, 0.25) is 5.02 Å². The molecule has 3 rings (SSSR count). The summed E-state index contributed by atoms with van der Waals surface area (Å²) in [6, 6.07) is 6.64. The van der Waals surface area contributed by atoms with Crippen molar-refractivity contribution in [1.82, 2.24) is 5.43 Å². The van der Waals surface area contributed by atoms with Crippen LogP contribution in [0.4, 0.5) is 0 Å². The summed E-state index contributed by atoms with van der Waals surface area (Å²) in [6.45, 7) is 3.82. The fourth-order valence-electron chi connectivity index (χ4n) is 2.98. The Morgan fingerprint density at radius 3 is 2.88 bits per heavy atom. The number of aryl methyl sites for hydroxylation is 1. The van der Waals surface area contributed by atoms with E-state index in [4.69, 9.17) is 20.8 Å². The minimum absolute atomic E-state index is 0.201. The highest BCUT2D eigenvalue weighted by molar-refractivity contribution is 6.31. The van der Waals surface area contributed by atoms with Gasteiger partial charge in [-0.3, -0.25) is 4.79 Å². The summed E-state index contributed by atoms with van der Waals surface area (Å²) in [5.41, 5.74) is 5.15. The Hall–Kier alpha value is -2.60. The van der Waals surface area contributed by atoms with E-state index in [1.807, 2.05) is 0 Å². The third-order valence-electron chi connectivity index (χ3n) is 4.17. The molecule has 1 aromatic carbocycles. The number of ether oxygens (including phenoxy) is 1. The highest BCUT2D eigenvalue weighted by Gasteiger charge is 2.28. The van der Waals surface area contributed by atoms with Gasteiger partial charge in [-0.15, -0.1) is 0 Å². The van der Waals surface area contributed by atoms with Crippen LogP contribution in [0.25, 0.3) is 0 Å². The molecule has 26 heavy (non-hydrogen) atoms. The summed E-state index contributed by atoms with van der Waals surface area (Å²) >= 11 is 5.91. The first-order valence-electron chi connectivity index (χ1n) is 8.43. The van der Waals surface area contributed by atoms with Crippen molar-refractivity contribution in [1.29, 1.82) is 0 Å². The van der Waals surface area contributed by atoms with E-state index in [1.165, 1.54) is 0 Å². The molecule has 1 N–H and O–H groups in total. The average molecular weight is 375 g/mol. The summed E-state index contributed by atoms with van der Waals surface area (Å²) < 4.78 is 10.7. The highest BCUT2D eigenvalue weighted by Crippen LogP contribution is 2.30. The van der Waals surface area contributed by atoms with Crippen molar-refractivity contribution < 1.29 is 18.7 Å². The molecule has 2 aromatic rings. The molecular formula is C19H19ClN2O4. The molecule has 0 atom stereocenters. The standard InChI is InChI=1S/C19H19ClN2O4/c1-3-25-19(24)17-11(2)16-14(8-5-9-15(16)26-17)21-22-18(23)12-6-4-7-13(20)10-12/h4,6-7,10H,3,5,8-9H2,1-2H3,(H,22,23)/b21-14+. The van der Waals surface area contributed by atoms with Crippen LogP contribution < -0.4 is 5.43 Å².